The minimum Gasteiger partial charge on any atom is -0.394 e. The molecule has 0 aromatic heterocycles. The van der Waals surface area contributed by atoms with Crippen LogP contribution in [0, 0.1) is 5.82 Å². The smallest absolute Gasteiger partial charge is 0.267 e. The van der Waals surface area contributed by atoms with Gasteiger partial charge < -0.3 is 10.0 Å². The summed E-state index contributed by atoms with van der Waals surface area (Å²) in [4.78, 5) is 13.6. The summed E-state index contributed by atoms with van der Waals surface area (Å²) >= 11 is 0. The predicted octanol–water partition coefficient (Wildman–Crippen LogP) is 2.10. The number of aliphatic hydroxyl groups is 1. The Hall–Kier alpha value is -2.45. The molecule has 1 amide bonds. The Morgan fingerprint density at radius 1 is 1.18 bits per heavy atom. The highest BCUT2D eigenvalue weighted by molar-refractivity contribution is 7.92. The van der Waals surface area contributed by atoms with Crippen molar-refractivity contribution in [3.05, 3.63) is 59.9 Å². The molecule has 8 heteroatoms. The molecule has 0 aliphatic carbocycles. The van der Waals surface area contributed by atoms with E-state index in [0.717, 1.165) is 11.6 Å². The van der Waals surface area contributed by atoms with E-state index < -0.39 is 20.7 Å². The molecule has 0 bridgehead atoms. The number of halogens is 1. The Kier molecular flexibility index (Phi) is 4.63. The summed E-state index contributed by atoms with van der Waals surface area (Å²) in [5, 5.41) is 9.83. The van der Waals surface area contributed by atoms with E-state index in [1.807, 2.05) is 6.07 Å². The molecule has 1 N–H and O–H groups in total. The van der Waals surface area contributed by atoms with Crippen LogP contribution < -0.4 is 4.31 Å². The molecule has 0 saturated carbocycles. The highest BCUT2D eigenvalue weighted by Gasteiger charge is 2.55. The fraction of sp³-hybridized carbons (Fsp3) is 0.350. The van der Waals surface area contributed by atoms with E-state index in [-0.39, 0.29) is 43.5 Å². The van der Waals surface area contributed by atoms with E-state index in [1.165, 1.54) is 22.5 Å². The van der Waals surface area contributed by atoms with E-state index in [0.29, 0.717) is 5.69 Å². The van der Waals surface area contributed by atoms with Crippen LogP contribution in [0.4, 0.5) is 10.1 Å². The van der Waals surface area contributed by atoms with Gasteiger partial charge in [-0.25, -0.2) is 12.8 Å². The van der Waals surface area contributed by atoms with Gasteiger partial charge in [-0.2, -0.15) is 0 Å². The second-order valence-corrected chi connectivity index (χ2v) is 8.85. The summed E-state index contributed by atoms with van der Waals surface area (Å²) in [5.41, 5.74) is 1.21. The predicted molar refractivity (Wildman–Crippen MR) is 102 cm³/mol. The van der Waals surface area contributed by atoms with Crippen molar-refractivity contribution in [1.82, 2.24) is 4.90 Å². The average Bonchev–Trinajstić information content (AvgIpc) is 2.68. The molecule has 3 atom stereocenters. The van der Waals surface area contributed by atoms with Gasteiger partial charge in [0.25, 0.3) is 10.0 Å². The Morgan fingerprint density at radius 3 is 2.54 bits per heavy atom. The highest BCUT2D eigenvalue weighted by atomic mass is 32.2. The van der Waals surface area contributed by atoms with Crippen molar-refractivity contribution >= 4 is 21.6 Å². The number of aliphatic hydroxyl groups excluding tert-OH is 1. The summed E-state index contributed by atoms with van der Waals surface area (Å²) < 4.78 is 42.0. The summed E-state index contributed by atoms with van der Waals surface area (Å²) in [6, 6.07) is 11.5. The summed E-state index contributed by atoms with van der Waals surface area (Å²) in [6.07, 6.45) is 0.265. The zero-order valence-electron chi connectivity index (χ0n) is 15.3. The second kappa shape index (κ2) is 6.86. The second-order valence-electron chi connectivity index (χ2n) is 7.02. The average molecular weight is 404 g/mol. The summed E-state index contributed by atoms with van der Waals surface area (Å²) in [7, 11) is -4.15. The van der Waals surface area contributed by atoms with E-state index in [2.05, 4.69) is 0 Å². The number of para-hydroxylation sites is 1. The van der Waals surface area contributed by atoms with Crippen molar-refractivity contribution < 1.29 is 22.7 Å². The van der Waals surface area contributed by atoms with Crippen molar-refractivity contribution in [3.8, 4) is 0 Å². The Labute approximate surface area is 163 Å². The molecule has 4 rings (SSSR count). The van der Waals surface area contributed by atoms with Crippen LogP contribution in [0.15, 0.2) is 53.4 Å². The van der Waals surface area contributed by atoms with Gasteiger partial charge in [0.1, 0.15) is 10.7 Å². The number of rotatable bonds is 4. The Bertz CT molecular complexity index is 1030. The Morgan fingerprint density at radius 2 is 1.86 bits per heavy atom. The number of benzene rings is 2. The van der Waals surface area contributed by atoms with Crippen LogP contribution in [-0.4, -0.2) is 49.6 Å². The molecule has 0 radical (unpaired) electrons. The van der Waals surface area contributed by atoms with Gasteiger partial charge in [0.05, 0.1) is 30.9 Å². The first kappa shape index (κ1) is 18.9. The molecule has 148 valence electrons. The van der Waals surface area contributed by atoms with Crippen molar-refractivity contribution in [2.75, 3.05) is 17.5 Å². The molecule has 2 aromatic carbocycles. The zero-order chi connectivity index (χ0) is 20.1. The number of amides is 1. The number of nitrogens with zero attached hydrogens (tertiary/aromatic N) is 2. The normalized spacial score (nSPS) is 23.6. The number of carbonyl (C=O) groups is 1. The SMILES string of the molecule is CCC(=O)N1[C@H](CO)[C@H]2c3ccccc3N(S(=O)(=O)c3ccccc3F)C[C@H]21. The van der Waals surface area contributed by atoms with Crippen molar-refractivity contribution in [1.29, 1.82) is 0 Å². The van der Waals surface area contributed by atoms with Gasteiger partial charge in [0.15, 0.2) is 0 Å². The molecule has 2 aromatic rings. The van der Waals surface area contributed by atoms with E-state index in [9.17, 15) is 22.7 Å². The minimum absolute atomic E-state index is 0.0284. The molecule has 28 heavy (non-hydrogen) atoms. The van der Waals surface area contributed by atoms with Gasteiger partial charge in [-0.1, -0.05) is 37.3 Å². The minimum atomic E-state index is -4.15. The molecule has 2 aliphatic rings. The van der Waals surface area contributed by atoms with E-state index in [4.69, 9.17) is 0 Å². The van der Waals surface area contributed by atoms with Gasteiger partial charge in [0, 0.05) is 12.3 Å². The van der Waals surface area contributed by atoms with Gasteiger partial charge in [-0.05, 0) is 23.8 Å². The van der Waals surface area contributed by atoms with Crippen molar-refractivity contribution in [2.24, 2.45) is 0 Å². The first-order chi connectivity index (χ1) is 13.4. The lowest BCUT2D eigenvalue weighted by Crippen LogP contribution is -2.70. The van der Waals surface area contributed by atoms with Crippen LogP contribution in [0.2, 0.25) is 0 Å². The van der Waals surface area contributed by atoms with Crippen LogP contribution >= 0.6 is 0 Å². The lowest BCUT2D eigenvalue weighted by Gasteiger charge is -2.58. The molecule has 2 heterocycles. The van der Waals surface area contributed by atoms with Crippen molar-refractivity contribution in [3.63, 3.8) is 0 Å². The van der Waals surface area contributed by atoms with Crippen LogP contribution in [-0.2, 0) is 14.8 Å². The van der Waals surface area contributed by atoms with Gasteiger partial charge in [-0.15, -0.1) is 0 Å². The zero-order valence-corrected chi connectivity index (χ0v) is 16.1. The number of hydrogen-bond acceptors (Lipinski definition) is 4. The first-order valence-electron chi connectivity index (χ1n) is 9.20. The van der Waals surface area contributed by atoms with E-state index in [1.54, 1.807) is 30.0 Å². The number of fused-ring (bicyclic) bond motifs is 3. The summed E-state index contributed by atoms with van der Waals surface area (Å²) in [5.74, 6) is -1.10. The largest absolute Gasteiger partial charge is 0.394 e. The molecule has 2 aliphatic heterocycles. The number of anilines is 1. The lowest BCUT2D eigenvalue weighted by atomic mass is 9.72. The maximum Gasteiger partial charge on any atom is 0.267 e. The number of carbonyl (C=O) groups excluding carboxylic acids is 1. The standard InChI is InChI=1S/C20H21FN2O4S/c1-2-19(25)23-16-11-22(28(26,27)18-10-6-4-8-14(18)21)15-9-5-3-7-13(15)20(16)17(23)12-24/h3-10,16-17,20,24H,2,11-12H2,1H3/t16-,17-,20+/m1/s1. The monoisotopic (exact) mass is 404 g/mol. The molecular formula is C20H21FN2O4S. The molecule has 1 fully saturated rings. The Balaban J connectivity index is 1.83. The van der Waals surface area contributed by atoms with Crippen molar-refractivity contribution in [2.45, 2.75) is 36.2 Å². The third-order valence-electron chi connectivity index (χ3n) is 5.64. The fourth-order valence-electron chi connectivity index (χ4n) is 4.38. The molecule has 1 saturated heterocycles. The first-order valence-corrected chi connectivity index (χ1v) is 10.6. The van der Waals surface area contributed by atoms with Crippen LogP contribution in [0.1, 0.15) is 24.8 Å². The maximum absolute atomic E-state index is 14.3. The third-order valence-corrected chi connectivity index (χ3v) is 7.46. The third kappa shape index (κ3) is 2.62. The quantitative estimate of drug-likeness (QED) is 0.847. The summed E-state index contributed by atoms with van der Waals surface area (Å²) in [6.45, 7) is 1.57. The fourth-order valence-corrected chi connectivity index (χ4v) is 5.96. The number of hydrogen-bond donors (Lipinski definition) is 1. The van der Waals surface area contributed by atoms with Crippen LogP contribution in [0.5, 0.6) is 0 Å². The van der Waals surface area contributed by atoms with E-state index >= 15 is 0 Å². The molecule has 0 unspecified atom stereocenters. The number of sulfonamides is 1. The molecule has 0 spiro atoms. The molecule has 6 nitrogen and oxygen atoms in total. The van der Waals surface area contributed by atoms with Gasteiger partial charge in [-0.3, -0.25) is 9.10 Å². The topological polar surface area (TPSA) is 77.9 Å². The van der Waals surface area contributed by atoms with Crippen LogP contribution in [0.3, 0.4) is 0 Å². The van der Waals surface area contributed by atoms with Gasteiger partial charge in [0.2, 0.25) is 5.91 Å². The van der Waals surface area contributed by atoms with Crippen LogP contribution in [0.25, 0.3) is 0 Å². The highest BCUT2D eigenvalue weighted by Crippen LogP contribution is 2.49. The molecular weight excluding hydrogens is 383 g/mol. The van der Waals surface area contributed by atoms with Gasteiger partial charge >= 0.3 is 0 Å². The lowest BCUT2D eigenvalue weighted by molar-refractivity contribution is -0.149. The maximum atomic E-state index is 14.3. The number of likely N-dealkylation sites (tertiary alicyclic amines) is 1.